The molecule has 4 heteroatoms. The van der Waals surface area contributed by atoms with Gasteiger partial charge in [-0.2, -0.15) is 0 Å². The van der Waals surface area contributed by atoms with Crippen LogP contribution in [0.4, 0.5) is 0 Å². The second-order valence-corrected chi connectivity index (χ2v) is 2.88. The monoisotopic (exact) mass is 220 g/mol. The highest BCUT2D eigenvalue weighted by atomic mass is 16.5. The van der Waals surface area contributed by atoms with Crippen molar-refractivity contribution >= 4 is 6.29 Å². The third-order valence-corrected chi connectivity index (χ3v) is 1.96. The highest BCUT2D eigenvalue weighted by Gasteiger charge is 2.10. The maximum Gasteiger partial charge on any atom is 0.150 e. The number of carbonyl (C=O) groups excluding carboxylic acids is 1. The summed E-state index contributed by atoms with van der Waals surface area (Å²) in [6, 6.07) is 3.13. The van der Waals surface area contributed by atoms with Crippen molar-refractivity contribution in [2.24, 2.45) is 0 Å². The lowest BCUT2D eigenvalue weighted by molar-refractivity contribution is 0.112. The molecule has 0 fully saturated rings. The number of benzene rings is 1. The Kier molecular flexibility index (Phi) is 4.37. The molecule has 0 aliphatic heterocycles. The van der Waals surface area contributed by atoms with E-state index in [0.29, 0.717) is 28.9 Å². The minimum absolute atomic E-state index is 0.248. The Morgan fingerprint density at radius 2 is 1.88 bits per heavy atom. The lowest BCUT2D eigenvalue weighted by Gasteiger charge is -2.09. The molecular formula is C12H12O4. The Labute approximate surface area is 93.8 Å². The van der Waals surface area contributed by atoms with E-state index in [-0.39, 0.29) is 6.61 Å². The zero-order valence-electron chi connectivity index (χ0n) is 9.11. The number of aliphatic hydroxyl groups is 1. The first-order chi connectivity index (χ1) is 7.76. The molecule has 0 heterocycles. The summed E-state index contributed by atoms with van der Waals surface area (Å²) in [5.41, 5.74) is 0.966. The Balaban J connectivity index is 3.36. The largest absolute Gasteiger partial charge is 0.495 e. The van der Waals surface area contributed by atoms with Gasteiger partial charge in [0, 0.05) is 5.56 Å². The van der Waals surface area contributed by atoms with E-state index in [2.05, 4.69) is 11.8 Å². The smallest absolute Gasteiger partial charge is 0.150 e. The predicted octanol–water partition coefficient (Wildman–Crippen LogP) is 0.860. The summed E-state index contributed by atoms with van der Waals surface area (Å²) in [6.45, 7) is -0.248. The molecule has 4 nitrogen and oxygen atoms in total. The maximum absolute atomic E-state index is 10.7. The number of hydrogen-bond acceptors (Lipinski definition) is 4. The predicted molar refractivity (Wildman–Crippen MR) is 58.9 cm³/mol. The van der Waals surface area contributed by atoms with Crippen molar-refractivity contribution in [3.05, 3.63) is 23.3 Å². The number of aldehydes is 1. The van der Waals surface area contributed by atoms with Gasteiger partial charge in [0.25, 0.3) is 0 Å². The highest BCUT2D eigenvalue weighted by molar-refractivity contribution is 5.78. The number of hydrogen-bond donors (Lipinski definition) is 1. The van der Waals surface area contributed by atoms with Crippen molar-refractivity contribution in [1.29, 1.82) is 0 Å². The molecule has 0 aliphatic carbocycles. The molecule has 0 amide bonds. The number of aliphatic hydroxyl groups excluding tert-OH is 1. The van der Waals surface area contributed by atoms with Crippen LogP contribution in [0.3, 0.4) is 0 Å². The topological polar surface area (TPSA) is 55.8 Å². The first kappa shape index (κ1) is 12.1. The molecule has 0 atom stereocenters. The Hall–Kier alpha value is -1.99. The quantitative estimate of drug-likeness (QED) is 0.606. The summed E-state index contributed by atoms with van der Waals surface area (Å²) in [4.78, 5) is 10.7. The lowest BCUT2D eigenvalue weighted by Crippen LogP contribution is -1.96. The van der Waals surface area contributed by atoms with Crippen LogP contribution in [0.2, 0.25) is 0 Å². The van der Waals surface area contributed by atoms with Crippen LogP contribution in [-0.4, -0.2) is 32.2 Å². The van der Waals surface area contributed by atoms with Crippen LogP contribution in [0.15, 0.2) is 12.1 Å². The van der Waals surface area contributed by atoms with E-state index in [1.54, 1.807) is 12.1 Å². The molecule has 1 rings (SSSR count). The van der Waals surface area contributed by atoms with Crippen molar-refractivity contribution in [3.63, 3.8) is 0 Å². The van der Waals surface area contributed by atoms with Gasteiger partial charge >= 0.3 is 0 Å². The zero-order chi connectivity index (χ0) is 12.0. The zero-order valence-corrected chi connectivity index (χ0v) is 9.11. The van der Waals surface area contributed by atoms with Crippen LogP contribution >= 0.6 is 0 Å². The average Bonchev–Trinajstić information content (AvgIpc) is 2.35. The number of methoxy groups -OCH3 is 2. The average molecular weight is 220 g/mol. The van der Waals surface area contributed by atoms with E-state index < -0.39 is 0 Å². The van der Waals surface area contributed by atoms with Gasteiger partial charge in [0.2, 0.25) is 0 Å². The third kappa shape index (κ3) is 2.53. The van der Waals surface area contributed by atoms with Gasteiger partial charge in [-0.05, 0) is 12.1 Å². The Bertz CT molecular complexity index is 415. The summed E-state index contributed by atoms with van der Waals surface area (Å²) in [7, 11) is 2.96. The third-order valence-electron chi connectivity index (χ3n) is 1.96. The molecular weight excluding hydrogens is 208 g/mol. The lowest BCUT2D eigenvalue weighted by atomic mass is 10.1. The van der Waals surface area contributed by atoms with Gasteiger partial charge < -0.3 is 14.6 Å². The van der Waals surface area contributed by atoms with Crippen LogP contribution in [0, 0.1) is 11.8 Å². The van der Waals surface area contributed by atoms with Gasteiger partial charge in [-0.15, -0.1) is 0 Å². The minimum Gasteiger partial charge on any atom is -0.495 e. The van der Waals surface area contributed by atoms with Crippen LogP contribution in [0.1, 0.15) is 15.9 Å². The summed E-state index contributed by atoms with van der Waals surface area (Å²) in [5.74, 6) is 6.12. The number of ether oxygens (including phenoxy) is 2. The standard InChI is InChI=1S/C12H12O4/c1-15-11-6-9(8-14)7-12(16-2)10(11)4-3-5-13/h6-8,13H,5H2,1-2H3. The minimum atomic E-state index is -0.248. The van der Waals surface area contributed by atoms with Crippen molar-refractivity contribution in [3.8, 4) is 23.3 Å². The van der Waals surface area contributed by atoms with Crippen molar-refractivity contribution in [1.82, 2.24) is 0 Å². The fourth-order valence-corrected chi connectivity index (χ4v) is 1.25. The van der Waals surface area contributed by atoms with Crippen LogP contribution in [-0.2, 0) is 0 Å². The highest BCUT2D eigenvalue weighted by Crippen LogP contribution is 2.29. The maximum atomic E-state index is 10.7. The Morgan fingerprint density at radius 3 is 2.25 bits per heavy atom. The summed E-state index contributed by atoms with van der Waals surface area (Å²) in [6.07, 6.45) is 0.703. The SMILES string of the molecule is COc1cc(C=O)cc(OC)c1C#CCO. The normalized spacial score (nSPS) is 8.94. The van der Waals surface area contributed by atoms with Crippen LogP contribution < -0.4 is 9.47 Å². The molecule has 0 radical (unpaired) electrons. The van der Waals surface area contributed by atoms with Crippen LogP contribution in [0.25, 0.3) is 0 Å². The number of carbonyl (C=O) groups is 1. The number of rotatable bonds is 3. The fourth-order valence-electron chi connectivity index (χ4n) is 1.25. The van der Waals surface area contributed by atoms with E-state index in [1.807, 2.05) is 0 Å². The van der Waals surface area contributed by atoms with E-state index in [1.165, 1.54) is 14.2 Å². The van der Waals surface area contributed by atoms with E-state index >= 15 is 0 Å². The van der Waals surface area contributed by atoms with Crippen LogP contribution in [0.5, 0.6) is 11.5 Å². The molecule has 0 saturated carbocycles. The molecule has 0 bridgehead atoms. The van der Waals surface area contributed by atoms with E-state index in [9.17, 15) is 4.79 Å². The molecule has 0 aliphatic rings. The fraction of sp³-hybridized carbons (Fsp3) is 0.250. The molecule has 0 aromatic heterocycles. The summed E-state index contributed by atoms with van der Waals surface area (Å²) in [5, 5.41) is 8.64. The second-order valence-electron chi connectivity index (χ2n) is 2.88. The van der Waals surface area contributed by atoms with Gasteiger partial charge in [0.05, 0.1) is 14.2 Å². The van der Waals surface area contributed by atoms with Gasteiger partial charge in [-0.1, -0.05) is 11.8 Å². The van der Waals surface area contributed by atoms with Crippen molar-refractivity contribution in [2.75, 3.05) is 20.8 Å². The Morgan fingerprint density at radius 1 is 1.31 bits per heavy atom. The molecule has 1 aromatic carbocycles. The van der Waals surface area contributed by atoms with Crippen molar-refractivity contribution < 1.29 is 19.4 Å². The molecule has 0 spiro atoms. The van der Waals surface area contributed by atoms with Gasteiger partial charge in [-0.3, -0.25) is 4.79 Å². The first-order valence-electron chi connectivity index (χ1n) is 4.57. The summed E-state index contributed by atoms with van der Waals surface area (Å²) >= 11 is 0. The van der Waals surface area contributed by atoms with Gasteiger partial charge in [0.15, 0.2) is 0 Å². The first-order valence-corrected chi connectivity index (χ1v) is 4.57. The molecule has 1 aromatic rings. The molecule has 1 N–H and O–H groups in total. The summed E-state index contributed by atoms with van der Waals surface area (Å²) < 4.78 is 10.2. The molecule has 16 heavy (non-hydrogen) atoms. The molecule has 0 saturated heterocycles. The second kappa shape index (κ2) is 5.79. The van der Waals surface area contributed by atoms with Crippen molar-refractivity contribution in [2.45, 2.75) is 0 Å². The van der Waals surface area contributed by atoms with Gasteiger partial charge in [0.1, 0.15) is 30.0 Å². The van der Waals surface area contributed by atoms with E-state index in [0.717, 1.165) is 0 Å². The van der Waals surface area contributed by atoms with Gasteiger partial charge in [-0.25, -0.2) is 0 Å². The molecule has 84 valence electrons. The molecule has 0 unspecified atom stereocenters. The van der Waals surface area contributed by atoms with E-state index in [4.69, 9.17) is 14.6 Å².